The SMILES string of the molecule is CCNC(=NCCCSc1ccc(F)cc1)NCCNC(=O)C(C)(C)C.I. The van der Waals surface area contributed by atoms with Crippen molar-refractivity contribution in [1.29, 1.82) is 0 Å². The van der Waals surface area contributed by atoms with Gasteiger partial charge < -0.3 is 16.0 Å². The zero-order valence-corrected chi connectivity index (χ0v) is 19.7. The van der Waals surface area contributed by atoms with Gasteiger partial charge in [-0.2, -0.15) is 0 Å². The van der Waals surface area contributed by atoms with Crippen LogP contribution in [0.4, 0.5) is 4.39 Å². The average Bonchev–Trinajstić information content (AvgIpc) is 2.58. The Morgan fingerprint density at radius 1 is 1.11 bits per heavy atom. The number of halogens is 2. The molecule has 3 N–H and O–H groups in total. The highest BCUT2D eigenvalue weighted by Gasteiger charge is 2.20. The number of nitrogens with one attached hydrogen (secondary N) is 3. The lowest BCUT2D eigenvalue weighted by molar-refractivity contribution is -0.128. The number of hydrogen-bond acceptors (Lipinski definition) is 3. The fourth-order valence-corrected chi connectivity index (χ4v) is 2.78. The van der Waals surface area contributed by atoms with Crippen molar-refractivity contribution in [3.63, 3.8) is 0 Å². The van der Waals surface area contributed by atoms with Gasteiger partial charge in [0.15, 0.2) is 5.96 Å². The van der Waals surface area contributed by atoms with Gasteiger partial charge in [-0.3, -0.25) is 9.79 Å². The Kier molecular flexibility index (Phi) is 13.5. The second-order valence-electron chi connectivity index (χ2n) is 6.85. The molecule has 0 aliphatic heterocycles. The van der Waals surface area contributed by atoms with Gasteiger partial charge in [0.2, 0.25) is 5.91 Å². The first-order chi connectivity index (χ1) is 12.3. The summed E-state index contributed by atoms with van der Waals surface area (Å²) in [4.78, 5) is 17.4. The van der Waals surface area contributed by atoms with Crippen molar-refractivity contribution in [2.75, 3.05) is 31.9 Å². The fourth-order valence-electron chi connectivity index (χ4n) is 1.94. The van der Waals surface area contributed by atoms with E-state index in [0.29, 0.717) is 19.6 Å². The third-order valence-corrected chi connectivity index (χ3v) is 4.48. The summed E-state index contributed by atoms with van der Waals surface area (Å²) < 4.78 is 12.9. The van der Waals surface area contributed by atoms with Crippen LogP contribution in [0.2, 0.25) is 0 Å². The van der Waals surface area contributed by atoms with Crippen LogP contribution in [0.3, 0.4) is 0 Å². The molecule has 0 unspecified atom stereocenters. The molecule has 0 atom stereocenters. The fraction of sp³-hybridized carbons (Fsp3) is 0.579. The Balaban J connectivity index is 0.00000676. The number of aliphatic imine (C=N–C) groups is 1. The lowest BCUT2D eigenvalue weighted by atomic mass is 9.96. The van der Waals surface area contributed by atoms with Crippen LogP contribution in [-0.2, 0) is 4.79 Å². The van der Waals surface area contributed by atoms with Crippen molar-refractivity contribution in [2.24, 2.45) is 10.4 Å². The third-order valence-electron chi connectivity index (χ3n) is 3.38. The van der Waals surface area contributed by atoms with Crippen LogP contribution in [0.5, 0.6) is 0 Å². The molecule has 0 saturated carbocycles. The van der Waals surface area contributed by atoms with Crippen molar-refractivity contribution in [3.05, 3.63) is 30.1 Å². The van der Waals surface area contributed by atoms with Crippen LogP contribution in [0.1, 0.15) is 34.1 Å². The number of guanidine groups is 1. The number of nitrogens with zero attached hydrogens (tertiary/aromatic N) is 1. The van der Waals surface area contributed by atoms with Crippen LogP contribution in [0.15, 0.2) is 34.2 Å². The largest absolute Gasteiger partial charge is 0.357 e. The topological polar surface area (TPSA) is 65.5 Å². The maximum Gasteiger partial charge on any atom is 0.225 e. The zero-order valence-electron chi connectivity index (χ0n) is 16.6. The van der Waals surface area contributed by atoms with Gasteiger partial charge in [-0.05, 0) is 43.4 Å². The Bertz CT molecular complexity index is 576. The molecule has 1 aromatic carbocycles. The average molecular weight is 510 g/mol. The van der Waals surface area contributed by atoms with E-state index in [1.807, 2.05) is 27.7 Å². The van der Waals surface area contributed by atoms with Crippen molar-refractivity contribution in [3.8, 4) is 0 Å². The number of rotatable bonds is 9. The van der Waals surface area contributed by atoms with Gasteiger partial charge in [0.25, 0.3) is 0 Å². The molecule has 0 radical (unpaired) electrons. The molecule has 0 aliphatic carbocycles. The van der Waals surface area contributed by atoms with E-state index in [4.69, 9.17) is 0 Å². The van der Waals surface area contributed by atoms with Crippen LogP contribution >= 0.6 is 35.7 Å². The first kappa shape index (κ1) is 26.0. The molecule has 1 amide bonds. The number of carbonyl (C=O) groups excluding carboxylic acids is 1. The van der Waals surface area contributed by atoms with Gasteiger partial charge in [0, 0.05) is 36.5 Å². The zero-order chi connectivity index (χ0) is 19.4. The van der Waals surface area contributed by atoms with Gasteiger partial charge >= 0.3 is 0 Å². The smallest absolute Gasteiger partial charge is 0.225 e. The highest BCUT2D eigenvalue weighted by Crippen LogP contribution is 2.18. The molecular formula is C19H32FIN4OS. The monoisotopic (exact) mass is 510 g/mol. The van der Waals surface area contributed by atoms with E-state index in [0.717, 1.165) is 29.6 Å². The molecule has 0 heterocycles. The molecule has 1 rings (SSSR count). The molecule has 0 bridgehead atoms. The van der Waals surface area contributed by atoms with E-state index in [2.05, 4.69) is 20.9 Å². The molecular weight excluding hydrogens is 478 g/mol. The summed E-state index contributed by atoms with van der Waals surface area (Å²) in [7, 11) is 0. The van der Waals surface area contributed by atoms with Crippen LogP contribution in [0.25, 0.3) is 0 Å². The molecule has 5 nitrogen and oxygen atoms in total. The summed E-state index contributed by atoms with van der Waals surface area (Å²) in [5, 5.41) is 9.32. The van der Waals surface area contributed by atoms with E-state index < -0.39 is 0 Å². The molecule has 0 saturated heterocycles. The number of thioether (sulfide) groups is 1. The second kappa shape index (κ2) is 14.0. The highest BCUT2D eigenvalue weighted by molar-refractivity contribution is 14.0. The number of hydrogen-bond donors (Lipinski definition) is 3. The lowest BCUT2D eigenvalue weighted by Crippen LogP contribution is -2.43. The van der Waals surface area contributed by atoms with Crippen LogP contribution < -0.4 is 16.0 Å². The van der Waals surface area contributed by atoms with Gasteiger partial charge in [-0.1, -0.05) is 20.8 Å². The first-order valence-electron chi connectivity index (χ1n) is 9.01. The molecule has 154 valence electrons. The summed E-state index contributed by atoms with van der Waals surface area (Å²) in [5.74, 6) is 1.51. The summed E-state index contributed by atoms with van der Waals surface area (Å²) in [6.45, 7) is 10.4. The summed E-state index contributed by atoms with van der Waals surface area (Å²) in [5.41, 5.74) is -0.374. The predicted molar refractivity (Wildman–Crippen MR) is 124 cm³/mol. The summed E-state index contributed by atoms with van der Waals surface area (Å²) >= 11 is 1.70. The predicted octanol–water partition coefficient (Wildman–Crippen LogP) is 3.64. The molecule has 0 spiro atoms. The Morgan fingerprint density at radius 2 is 1.74 bits per heavy atom. The minimum Gasteiger partial charge on any atom is -0.357 e. The minimum absolute atomic E-state index is 0. The summed E-state index contributed by atoms with van der Waals surface area (Å²) in [6.07, 6.45) is 0.930. The maximum absolute atomic E-state index is 12.9. The highest BCUT2D eigenvalue weighted by atomic mass is 127. The summed E-state index contributed by atoms with van der Waals surface area (Å²) in [6, 6.07) is 6.54. The normalized spacial score (nSPS) is 11.5. The Morgan fingerprint density at radius 3 is 2.33 bits per heavy atom. The molecule has 8 heteroatoms. The molecule has 0 aromatic heterocycles. The number of benzene rings is 1. The van der Waals surface area contributed by atoms with E-state index in [1.54, 1.807) is 23.9 Å². The van der Waals surface area contributed by atoms with E-state index >= 15 is 0 Å². The number of carbonyl (C=O) groups is 1. The van der Waals surface area contributed by atoms with Gasteiger partial charge in [-0.15, -0.1) is 35.7 Å². The van der Waals surface area contributed by atoms with Crippen LogP contribution in [-0.4, -0.2) is 43.8 Å². The van der Waals surface area contributed by atoms with Crippen LogP contribution in [0, 0.1) is 11.2 Å². The standard InChI is InChI=1S/C19H31FN4OS.HI/c1-5-21-18(24-13-12-22-17(25)19(2,3)4)23-11-6-14-26-16-9-7-15(20)8-10-16;/h7-10H,5-6,11-14H2,1-4H3,(H,22,25)(H2,21,23,24);1H. The molecule has 0 fully saturated rings. The Hall–Kier alpha value is -1.03. The first-order valence-corrected chi connectivity index (χ1v) is 10.0. The van der Waals surface area contributed by atoms with Gasteiger partial charge in [0.05, 0.1) is 0 Å². The number of amides is 1. The molecule has 1 aromatic rings. The second-order valence-corrected chi connectivity index (χ2v) is 8.02. The van der Waals surface area contributed by atoms with E-state index in [9.17, 15) is 9.18 Å². The molecule has 27 heavy (non-hydrogen) atoms. The quantitative estimate of drug-likeness (QED) is 0.156. The minimum atomic E-state index is -0.374. The van der Waals surface area contributed by atoms with Crippen molar-refractivity contribution < 1.29 is 9.18 Å². The van der Waals surface area contributed by atoms with Crippen molar-refractivity contribution in [2.45, 2.75) is 39.0 Å². The lowest BCUT2D eigenvalue weighted by Gasteiger charge is -2.18. The maximum atomic E-state index is 12.9. The third kappa shape index (κ3) is 12.1. The van der Waals surface area contributed by atoms with E-state index in [-0.39, 0.29) is 41.1 Å². The molecule has 0 aliphatic rings. The Labute approximate surface area is 183 Å². The van der Waals surface area contributed by atoms with Gasteiger partial charge in [0.1, 0.15) is 5.82 Å². The van der Waals surface area contributed by atoms with E-state index in [1.165, 1.54) is 12.1 Å². The van der Waals surface area contributed by atoms with Gasteiger partial charge in [-0.25, -0.2) is 4.39 Å². The van der Waals surface area contributed by atoms with Crippen molar-refractivity contribution in [1.82, 2.24) is 16.0 Å². The van der Waals surface area contributed by atoms with Crippen molar-refractivity contribution >= 4 is 47.6 Å².